The molecule has 0 aromatic heterocycles. The molecule has 0 heterocycles. The first kappa shape index (κ1) is 17.0. The van der Waals surface area contributed by atoms with Crippen LogP contribution in [-0.4, -0.2) is 32.8 Å². The largest absolute Gasteiger partial charge is 1.00 e. The minimum atomic E-state index is -1.01. The van der Waals surface area contributed by atoms with Gasteiger partial charge in [-0.1, -0.05) is 43.4 Å². The number of nitrogens with zero attached hydrogens (tertiary/aromatic N) is 1. The summed E-state index contributed by atoms with van der Waals surface area (Å²) in [5.41, 5.74) is 1.37. The highest BCUT2D eigenvalue weighted by Gasteiger charge is 2.26. The Hall–Kier alpha value is -0.0231. The van der Waals surface area contributed by atoms with E-state index in [-0.39, 0.29) is 12.4 Å². The van der Waals surface area contributed by atoms with E-state index in [1.807, 2.05) is 12.1 Å². The Kier molecular flexibility index (Phi) is 6.23. The Morgan fingerprint density at radius 2 is 1.53 bits per heavy atom. The predicted molar refractivity (Wildman–Crippen MR) is 75.5 cm³/mol. The van der Waals surface area contributed by atoms with E-state index >= 15 is 0 Å². The monoisotopic (exact) mass is 291 g/mol. The summed E-state index contributed by atoms with van der Waals surface area (Å²) in [5, 5.41) is 0.819. The Labute approximate surface area is 118 Å². The molecular formula is C13H23Cl2NSi. The molecule has 0 unspecified atom stereocenters. The van der Waals surface area contributed by atoms with Crippen LogP contribution in [0.3, 0.4) is 0 Å². The highest BCUT2D eigenvalue weighted by atomic mass is 35.5. The number of benzene rings is 1. The first-order valence-corrected chi connectivity index (χ1v) is 9.83. The fourth-order valence-corrected chi connectivity index (χ4v) is 5.23. The second-order valence-electron chi connectivity index (χ2n) is 6.44. The van der Waals surface area contributed by atoms with Crippen molar-refractivity contribution in [3.63, 3.8) is 0 Å². The van der Waals surface area contributed by atoms with E-state index in [9.17, 15) is 0 Å². The summed E-state index contributed by atoms with van der Waals surface area (Å²) >= 11 is 5.89. The molecule has 0 amide bonds. The van der Waals surface area contributed by atoms with Crippen LogP contribution in [-0.2, 0) is 6.54 Å². The summed E-state index contributed by atoms with van der Waals surface area (Å²) in [6.07, 6.45) is 1.30. The molecule has 0 saturated heterocycles. The van der Waals surface area contributed by atoms with Crippen LogP contribution >= 0.6 is 11.6 Å². The molecule has 0 radical (unpaired) electrons. The number of hydrogen-bond acceptors (Lipinski definition) is 0. The van der Waals surface area contributed by atoms with Crippen LogP contribution in [0, 0.1) is 0 Å². The van der Waals surface area contributed by atoms with Gasteiger partial charge in [-0.15, -0.1) is 0 Å². The van der Waals surface area contributed by atoms with E-state index in [1.165, 1.54) is 11.7 Å². The van der Waals surface area contributed by atoms with Gasteiger partial charge < -0.3 is 16.9 Å². The van der Waals surface area contributed by atoms with Gasteiger partial charge in [0.05, 0.1) is 20.3 Å². The molecule has 0 atom stereocenters. The molecule has 0 N–H and O–H groups in total. The van der Waals surface area contributed by atoms with Gasteiger partial charge in [0, 0.05) is 10.6 Å². The number of halogens is 2. The lowest BCUT2D eigenvalue weighted by molar-refractivity contribution is -0.894. The van der Waals surface area contributed by atoms with Gasteiger partial charge in [-0.25, -0.2) is 0 Å². The molecule has 98 valence electrons. The summed E-state index contributed by atoms with van der Waals surface area (Å²) in [6, 6.07) is 8.22. The van der Waals surface area contributed by atoms with E-state index in [0.29, 0.717) is 0 Å². The van der Waals surface area contributed by atoms with Crippen molar-refractivity contribution in [3.05, 3.63) is 34.9 Å². The van der Waals surface area contributed by atoms with Crippen molar-refractivity contribution < 1.29 is 16.9 Å². The maximum atomic E-state index is 5.89. The van der Waals surface area contributed by atoms with Crippen molar-refractivity contribution in [2.24, 2.45) is 0 Å². The third-order valence-electron chi connectivity index (χ3n) is 2.43. The maximum absolute atomic E-state index is 5.89. The van der Waals surface area contributed by atoms with Crippen LogP contribution < -0.4 is 12.4 Å². The molecule has 1 aromatic carbocycles. The van der Waals surface area contributed by atoms with Crippen molar-refractivity contribution in [1.82, 2.24) is 0 Å². The third kappa shape index (κ3) is 7.09. The van der Waals surface area contributed by atoms with E-state index in [1.54, 1.807) is 0 Å². The van der Waals surface area contributed by atoms with Gasteiger partial charge in [-0.05, 0) is 12.1 Å². The Bertz CT molecular complexity index is 341. The van der Waals surface area contributed by atoms with Crippen LogP contribution in [0.25, 0.3) is 0 Å². The molecule has 1 aromatic rings. The topological polar surface area (TPSA) is 0 Å². The van der Waals surface area contributed by atoms with E-state index in [0.717, 1.165) is 16.1 Å². The zero-order valence-electron chi connectivity index (χ0n) is 11.4. The molecule has 0 bridgehead atoms. The Morgan fingerprint density at radius 3 is 1.94 bits per heavy atom. The van der Waals surface area contributed by atoms with Crippen LogP contribution in [0.15, 0.2) is 24.3 Å². The van der Waals surface area contributed by atoms with Crippen molar-refractivity contribution in [1.29, 1.82) is 0 Å². The standard InChI is InChI=1S/C13H23ClNSi.ClH/c1-15(2,11-16(3,4)5)10-12-6-8-13(14)9-7-12;/h6-9H,10-11H2,1-5H3;1H/q+1;/p-1. The number of quaternary nitrogens is 1. The van der Waals surface area contributed by atoms with E-state index < -0.39 is 8.07 Å². The molecule has 0 aliphatic rings. The normalized spacial score (nSPS) is 12.1. The molecule has 4 heteroatoms. The first-order chi connectivity index (χ1) is 7.18. The molecule has 1 nitrogen and oxygen atoms in total. The summed E-state index contributed by atoms with van der Waals surface area (Å²) in [4.78, 5) is 0. The van der Waals surface area contributed by atoms with Gasteiger partial charge in [0.15, 0.2) is 0 Å². The van der Waals surface area contributed by atoms with Gasteiger partial charge in [0.2, 0.25) is 0 Å². The highest BCUT2D eigenvalue weighted by molar-refractivity contribution is 6.75. The van der Waals surface area contributed by atoms with Gasteiger partial charge in [0.25, 0.3) is 0 Å². The first-order valence-electron chi connectivity index (χ1n) is 5.74. The van der Waals surface area contributed by atoms with Crippen molar-refractivity contribution in [3.8, 4) is 0 Å². The molecule has 0 aliphatic carbocycles. The quantitative estimate of drug-likeness (QED) is 0.569. The molecule has 0 fully saturated rings. The summed E-state index contributed by atoms with van der Waals surface area (Å²) in [7, 11) is 3.61. The average molecular weight is 292 g/mol. The zero-order valence-corrected chi connectivity index (χ0v) is 13.9. The lowest BCUT2D eigenvalue weighted by Crippen LogP contribution is -3.00. The fraction of sp³-hybridized carbons (Fsp3) is 0.538. The third-order valence-corrected chi connectivity index (χ3v) is 4.48. The minimum absolute atomic E-state index is 0. The number of hydrogen-bond donors (Lipinski definition) is 0. The molecule has 1 rings (SSSR count). The summed E-state index contributed by atoms with van der Waals surface area (Å²) < 4.78 is 1.07. The van der Waals surface area contributed by atoms with Gasteiger partial charge in [0.1, 0.15) is 14.6 Å². The fourth-order valence-electron chi connectivity index (χ4n) is 2.42. The van der Waals surface area contributed by atoms with E-state index in [2.05, 4.69) is 45.9 Å². The van der Waals surface area contributed by atoms with Crippen LogP contribution in [0.4, 0.5) is 0 Å². The Morgan fingerprint density at radius 1 is 1.06 bits per heavy atom. The van der Waals surface area contributed by atoms with Crippen LogP contribution in [0.5, 0.6) is 0 Å². The second-order valence-corrected chi connectivity index (χ2v) is 12.3. The summed E-state index contributed by atoms with van der Waals surface area (Å²) in [5.74, 6) is 0. The lowest BCUT2D eigenvalue weighted by Gasteiger charge is -2.35. The molecular weight excluding hydrogens is 269 g/mol. The minimum Gasteiger partial charge on any atom is -1.00 e. The molecule has 0 spiro atoms. The van der Waals surface area contributed by atoms with Crippen LogP contribution in [0.2, 0.25) is 24.7 Å². The van der Waals surface area contributed by atoms with E-state index in [4.69, 9.17) is 11.6 Å². The SMILES string of the molecule is C[N+](C)(Cc1ccc(Cl)cc1)C[Si](C)(C)C.[Cl-]. The zero-order chi connectivity index (χ0) is 12.4. The summed E-state index contributed by atoms with van der Waals surface area (Å²) in [6.45, 7) is 8.36. The van der Waals surface area contributed by atoms with Gasteiger partial charge in [-0.2, -0.15) is 0 Å². The second kappa shape index (κ2) is 6.23. The lowest BCUT2D eigenvalue weighted by atomic mass is 10.2. The molecule has 17 heavy (non-hydrogen) atoms. The highest BCUT2D eigenvalue weighted by Crippen LogP contribution is 2.16. The van der Waals surface area contributed by atoms with Crippen molar-refractivity contribution in [2.75, 3.05) is 20.3 Å². The Balaban J connectivity index is 0.00000256. The average Bonchev–Trinajstić information content (AvgIpc) is 2.04. The van der Waals surface area contributed by atoms with Crippen LogP contribution in [0.1, 0.15) is 5.56 Å². The molecule has 0 saturated carbocycles. The van der Waals surface area contributed by atoms with Gasteiger partial charge in [-0.3, -0.25) is 0 Å². The number of rotatable bonds is 4. The smallest absolute Gasteiger partial charge is 0.110 e. The van der Waals surface area contributed by atoms with Gasteiger partial charge >= 0.3 is 0 Å². The van der Waals surface area contributed by atoms with Crippen molar-refractivity contribution >= 4 is 19.7 Å². The molecule has 0 aliphatic heterocycles. The maximum Gasteiger partial charge on any atom is 0.110 e. The predicted octanol–water partition coefficient (Wildman–Crippen LogP) is 0.798. The van der Waals surface area contributed by atoms with Crippen molar-refractivity contribution in [2.45, 2.75) is 26.2 Å².